The smallest absolute Gasteiger partial charge is 0.137 e. The van der Waals surface area contributed by atoms with Gasteiger partial charge in [-0.3, -0.25) is 4.98 Å². The predicted molar refractivity (Wildman–Crippen MR) is 50.5 cm³/mol. The fraction of sp³-hybridized carbons (Fsp3) is 0.222. The summed E-state index contributed by atoms with van der Waals surface area (Å²) in [5, 5.41) is 0. The first-order valence-corrected chi connectivity index (χ1v) is 4.04. The first kappa shape index (κ1) is 9.07. The lowest BCUT2D eigenvalue weighted by Gasteiger charge is -2.03. The van der Waals surface area contributed by atoms with E-state index in [-0.39, 0.29) is 0 Å². The van der Waals surface area contributed by atoms with Gasteiger partial charge in [0.2, 0.25) is 0 Å². The number of hydrogen-bond donors (Lipinski definition) is 0. The molecule has 64 valence electrons. The third kappa shape index (κ3) is 1.98. The van der Waals surface area contributed by atoms with Crippen molar-refractivity contribution in [3.05, 3.63) is 30.6 Å². The van der Waals surface area contributed by atoms with Gasteiger partial charge in [-0.25, -0.2) is 0 Å². The van der Waals surface area contributed by atoms with Gasteiger partial charge in [-0.15, -0.1) is 11.6 Å². The Labute approximate surface area is 76.8 Å². The van der Waals surface area contributed by atoms with Gasteiger partial charge in [0.25, 0.3) is 0 Å². The lowest BCUT2D eigenvalue weighted by atomic mass is 10.1. The van der Waals surface area contributed by atoms with Crippen LogP contribution in [0.2, 0.25) is 0 Å². The highest BCUT2D eigenvalue weighted by molar-refractivity contribution is 6.23. The second-order valence-electron chi connectivity index (χ2n) is 2.35. The first-order chi connectivity index (χ1) is 5.77. The topological polar surface area (TPSA) is 22.1 Å². The fourth-order valence-corrected chi connectivity index (χ4v) is 0.955. The zero-order valence-electron chi connectivity index (χ0n) is 6.88. The Kier molecular flexibility index (Phi) is 3.11. The largest absolute Gasteiger partial charge is 0.495 e. The predicted octanol–water partition coefficient (Wildman–Crippen LogP) is 2.34. The molecule has 0 amide bonds. The molecule has 0 aliphatic heterocycles. The molecule has 0 saturated heterocycles. The van der Waals surface area contributed by atoms with Crippen molar-refractivity contribution in [2.24, 2.45) is 0 Å². The van der Waals surface area contributed by atoms with Gasteiger partial charge in [-0.05, 0) is 11.6 Å². The highest BCUT2D eigenvalue weighted by Crippen LogP contribution is 2.17. The van der Waals surface area contributed by atoms with E-state index < -0.39 is 0 Å². The summed E-state index contributed by atoms with van der Waals surface area (Å²) >= 11 is 5.61. The maximum Gasteiger partial charge on any atom is 0.137 e. The van der Waals surface area contributed by atoms with Crippen LogP contribution in [0, 0.1) is 0 Å². The average Bonchev–Trinajstić information content (AvgIpc) is 2.17. The molecule has 12 heavy (non-hydrogen) atoms. The number of rotatable bonds is 3. The second-order valence-corrected chi connectivity index (χ2v) is 2.62. The monoisotopic (exact) mass is 183 g/mol. The van der Waals surface area contributed by atoms with Gasteiger partial charge in [0.1, 0.15) is 5.75 Å². The van der Waals surface area contributed by atoms with E-state index >= 15 is 0 Å². The van der Waals surface area contributed by atoms with E-state index in [1.54, 1.807) is 19.5 Å². The molecular weight excluding hydrogens is 174 g/mol. The van der Waals surface area contributed by atoms with Crippen molar-refractivity contribution in [1.82, 2.24) is 4.98 Å². The summed E-state index contributed by atoms with van der Waals surface area (Å²) in [7, 11) is 1.60. The molecule has 1 aromatic rings. The number of ether oxygens (including phenoxy) is 1. The lowest BCUT2D eigenvalue weighted by Crippen LogP contribution is -1.89. The molecule has 2 nitrogen and oxygen atoms in total. The molecular formula is C9H10ClNO. The average molecular weight is 184 g/mol. The van der Waals surface area contributed by atoms with Crippen molar-refractivity contribution >= 4 is 17.2 Å². The Hall–Kier alpha value is -1.02. The Morgan fingerprint density at radius 3 is 3.00 bits per heavy atom. The van der Waals surface area contributed by atoms with Gasteiger partial charge >= 0.3 is 0 Å². The van der Waals surface area contributed by atoms with Crippen molar-refractivity contribution in [3.8, 4) is 5.75 Å². The van der Waals surface area contributed by atoms with Gasteiger partial charge in [0, 0.05) is 17.6 Å². The molecule has 0 unspecified atom stereocenters. The maximum absolute atomic E-state index is 5.61. The van der Waals surface area contributed by atoms with Crippen molar-refractivity contribution in [3.63, 3.8) is 0 Å². The normalized spacial score (nSPS) is 9.50. The number of alkyl halides is 1. The number of nitrogens with zero attached hydrogens (tertiary/aromatic N) is 1. The highest BCUT2D eigenvalue weighted by atomic mass is 35.5. The van der Waals surface area contributed by atoms with Crippen molar-refractivity contribution in [2.45, 2.75) is 0 Å². The number of methoxy groups -OCH3 is 1. The molecule has 0 aliphatic carbocycles. The van der Waals surface area contributed by atoms with Crippen LogP contribution in [0.1, 0.15) is 5.56 Å². The SMILES string of the molecule is C=C(CCl)c1cncc(OC)c1. The number of allylic oxidation sites excluding steroid dienone is 1. The zero-order valence-corrected chi connectivity index (χ0v) is 7.64. The molecule has 0 N–H and O–H groups in total. The van der Waals surface area contributed by atoms with Gasteiger partial charge in [-0.1, -0.05) is 6.58 Å². The van der Waals surface area contributed by atoms with E-state index in [0.29, 0.717) is 5.88 Å². The van der Waals surface area contributed by atoms with Crippen LogP contribution < -0.4 is 4.74 Å². The Morgan fingerprint density at radius 1 is 1.67 bits per heavy atom. The third-order valence-corrected chi connectivity index (χ3v) is 1.84. The van der Waals surface area contributed by atoms with E-state index in [0.717, 1.165) is 16.9 Å². The van der Waals surface area contributed by atoms with Crippen molar-refractivity contribution in [2.75, 3.05) is 13.0 Å². The second kappa shape index (κ2) is 4.12. The number of halogens is 1. The van der Waals surface area contributed by atoms with Crippen LogP contribution in [0.5, 0.6) is 5.75 Å². The molecule has 1 aromatic heterocycles. The zero-order chi connectivity index (χ0) is 8.97. The summed E-state index contributed by atoms with van der Waals surface area (Å²) in [6.07, 6.45) is 3.36. The number of hydrogen-bond acceptors (Lipinski definition) is 2. The third-order valence-electron chi connectivity index (χ3n) is 1.52. The summed E-state index contributed by atoms with van der Waals surface area (Å²) in [6.45, 7) is 3.79. The molecule has 0 aliphatic rings. The van der Waals surface area contributed by atoms with Gasteiger partial charge < -0.3 is 4.74 Å². The molecule has 0 bridgehead atoms. The summed E-state index contributed by atoms with van der Waals surface area (Å²) in [6, 6.07) is 1.86. The van der Waals surface area contributed by atoms with E-state index in [2.05, 4.69) is 11.6 Å². The van der Waals surface area contributed by atoms with Crippen LogP contribution in [0.4, 0.5) is 0 Å². The Morgan fingerprint density at radius 2 is 2.42 bits per heavy atom. The highest BCUT2D eigenvalue weighted by Gasteiger charge is 1.99. The maximum atomic E-state index is 5.61. The van der Waals surface area contributed by atoms with E-state index in [1.165, 1.54) is 0 Å². The van der Waals surface area contributed by atoms with Crippen molar-refractivity contribution in [1.29, 1.82) is 0 Å². The molecule has 3 heteroatoms. The molecule has 0 spiro atoms. The molecule has 0 atom stereocenters. The van der Waals surface area contributed by atoms with E-state index in [9.17, 15) is 0 Å². The molecule has 0 aromatic carbocycles. The van der Waals surface area contributed by atoms with Crippen LogP contribution >= 0.6 is 11.6 Å². The minimum atomic E-state index is 0.412. The number of aromatic nitrogens is 1. The van der Waals surface area contributed by atoms with Gasteiger partial charge in [0.05, 0.1) is 13.3 Å². The summed E-state index contributed by atoms with van der Waals surface area (Å²) < 4.78 is 5.00. The fourth-order valence-electron chi connectivity index (χ4n) is 0.801. The van der Waals surface area contributed by atoms with Gasteiger partial charge in [0.15, 0.2) is 0 Å². The summed E-state index contributed by atoms with van der Waals surface area (Å²) in [5.41, 5.74) is 1.77. The quantitative estimate of drug-likeness (QED) is 0.672. The summed E-state index contributed by atoms with van der Waals surface area (Å²) in [4.78, 5) is 3.98. The Bertz CT molecular complexity index is 286. The molecule has 0 fully saturated rings. The van der Waals surface area contributed by atoms with Crippen LogP contribution in [0.3, 0.4) is 0 Å². The first-order valence-electron chi connectivity index (χ1n) is 3.51. The van der Waals surface area contributed by atoms with E-state index in [4.69, 9.17) is 16.3 Å². The number of pyridine rings is 1. The molecule has 0 radical (unpaired) electrons. The van der Waals surface area contributed by atoms with Crippen LogP contribution in [0.25, 0.3) is 5.57 Å². The van der Waals surface area contributed by atoms with Gasteiger partial charge in [-0.2, -0.15) is 0 Å². The summed E-state index contributed by atoms with van der Waals surface area (Å²) in [5.74, 6) is 1.13. The Balaban J connectivity index is 2.93. The lowest BCUT2D eigenvalue weighted by molar-refractivity contribution is 0.412. The van der Waals surface area contributed by atoms with Crippen LogP contribution in [-0.2, 0) is 0 Å². The minimum Gasteiger partial charge on any atom is -0.495 e. The molecule has 1 rings (SSSR count). The molecule has 0 saturated carbocycles. The standard InChI is InChI=1S/C9H10ClNO/c1-7(4-10)8-3-9(12-2)6-11-5-8/h3,5-6H,1,4H2,2H3. The minimum absolute atomic E-state index is 0.412. The van der Waals surface area contributed by atoms with Crippen molar-refractivity contribution < 1.29 is 4.74 Å². The van der Waals surface area contributed by atoms with E-state index in [1.807, 2.05) is 6.07 Å². The van der Waals surface area contributed by atoms with Crippen LogP contribution in [0.15, 0.2) is 25.0 Å². The molecule has 1 heterocycles. The van der Waals surface area contributed by atoms with Crippen LogP contribution in [-0.4, -0.2) is 18.0 Å².